The van der Waals surface area contributed by atoms with Crippen LogP contribution in [0, 0.1) is 0 Å². The Morgan fingerprint density at radius 2 is 1.94 bits per heavy atom. The van der Waals surface area contributed by atoms with Crippen molar-refractivity contribution in [3.63, 3.8) is 0 Å². The van der Waals surface area contributed by atoms with Gasteiger partial charge in [0.25, 0.3) is 0 Å². The number of methoxy groups -OCH3 is 1. The molecule has 1 aromatic rings. The number of nitrogens with two attached hydrogens (primary N) is 1. The van der Waals surface area contributed by atoms with Crippen molar-refractivity contribution < 1.29 is 9.84 Å². The molecule has 0 aliphatic rings. The average Bonchev–Trinajstić information content (AvgIpc) is 2.43. The molecular formula is C14H24N2O2. The van der Waals surface area contributed by atoms with Crippen LogP contribution >= 0.6 is 0 Å². The van der Waals surface area contributed by atoms with Gasteiger partial charge >= 0.3 is 0 Å². The van der Waals surface area contributed by atoms with Crippen LogP contribution in [0.5, 0.6) is 0 Å². The highest BCUT2D eigenvalue weighted by Gasteiger charge is 2.07. The molecular weight excluding hydrogens is 228 g/mol. The molecule has 1 rings (SSSR count). The summed E-state index contributed by atoms with van der Waals surface area (Å²) in [5.74, 6) is 0. The largest absolute Gasteiger partial charge is 0.395 e. The van der Waals surface area contributed by atoms with E-state index in [4.69, 9.17) is 15.6 Å². The van der Waals surface area contributed by atoms with E-state index in [0.717, 1.165) is 24.2 Å². The van der Waals surface area contributed by atoms with Crippen LogP contribution in [0.25, 0.3) is 0 Å². The maximum atomic E-state index is 9.08. The molecule has 0 bridgehead atoms. The maximum Gasteiger partial charge on any atom is 0.0637 e. The molecule has 18 heavy (non-hydrogen) atoms. The Bertz CT molecular complexity index is 327. The summed E-state index contributed by atoms with van der Waals surface area (Å²) in [5.41, 5.74) is 8.23. The topological polar surface area (TPSA) is 58.7 Å². The number of anilines is 1. The summed E-state index contributed by atoms with van der Waals surface area (Å²) < 4.78 is 5.08. The fourth-order valence-electron chi connectivity index (χ4n) is 1.86. The van der Waals surface area contributed by atoms with Crippen LogP contribution in [0.3, 0.4) is 0 Å². The highest BCUT2D eigenvalue weighted by Crippen LogP contribution is 2.19. The minimum Gasteiger partial charge on any atom is -0.395 e. The van der Waals surface area contributed by atoms with Gasteiger partial charge in [-0.25, -0.2) is 0 Å². The number of nitrogens with zero attached hydrogens (tertiary/aromatic N) is 1. The van der Waals surface area contributed by atoms with Crippen molar-refractivity contribution in [2.24, 2.45) is 5.73 Å². The molecule has 0 saturated heterocycles. The number of hydrogen-bond donors (Lipinski definition) is 2. The van der Waals surface area contributed by atoms with E-state index in [9.17, 15) is 0 Å². The number of hydrogen-bond acceptors (Lipinski definition) is 4. The van der Waals surface area contributed by atoms with E-state index in [1.54, 1.807) is 7.11 Å². The first-order valence-electron chi connectivity index (χ1n) is 6.43. The Morgan fingerprint density at radius 3 is 2.44 bits per heavy atom. The molecule has 0 aliphatic heterocycles. The number of ether oxygens (including phenoxy) is 1. The Hall–Kier alpha value is -1.10. The predicted molar refractivity (Wildman–Crippen MR) is 74.8 cm³/mol. The van der Waals surface area contributed by atoms with Crippen LogP contribution in [0.4, 0.5) is 5.69 Å². The van der Waals surface area contributed by atoms with Crippen LogP contribution in [0.15, 0.2) is 24.3 Å². The van der Waals surface area contributed by atoms with Gasteiger partial charge in [-0.15, -0.1) is 0 Å². The summed E-state index contributed by atoms with van der Waals surface area (Å²) >= 11 is 0. The van der Waals surface area contributed by atoms with E-state index in [-0.39, 0.29) is 12.6 Å². The van der Waals surface area contributed by atoms with Gasteiger partial charge in [-0.05, 0) is 24.1 Å². The van der Waals surface area contributed by atoms with Crippen LogP contribution in [0.1, 0.15) is 24.9 Å². The van der Waals surface area contributed by atoms with Crippen LogP contribution in [0.2, 0.25) is 0 Å². The smallest absolute Gasteiger partial charge is 0.0637 e. The summed E-state index contributed by atoms with van der Waals surface area (Å²) in [6.45, 7) is 4.25. The van der Waals surface area contributed by atoms with Gasteiger partial charge < -0.3 is 20.5 Å². The van der Waals surface area contributed by atoms with Crippen molar-refractivity contribution in [3.05, 3.63) is 29.8 Å². The van der Waals surface area contributed by atoms with E-state index < -0.39 is 0 Å². The van der Waals surface area contributed by atoms with Crippen molar-refractivity contribution in [2.75, 3.05) is 38.3 Å². The fraction of sp³-hybridized carbons (Fsp3) is 0.571. The summed E-state index contributed by atoms with van der Waals surface area (Å²) in [6, 6.07) is 8.32. The van der Waals surface area contributed by atoms with Gasteiger partial charge in [-0.2, -0.15) is 0 Å². The van der Waals surface area contributed by atoms with Crippen molar-refractivity contribution in [1.29, 1.82) is 0 Å². The fourth-order valence-corrected chi connectivity index (χ4v) is 1.86. The molecule has 0 aromatic heterocycles. The van der Waals surface area contributed by atoms with Gasteiger partial charge in [0.2, 0.25) is 0 Å². The Morgan fingerprint density at radius 1 is 1.28 bits per heavy atom. The summed E-state index contributed by atoms with van der Waals surface area (Å²) in [5, 5.41) is 9.08. The number of benzene rings is 1. The second-order valence-corrected chi connectivity index (χ2v) is 4.31. The molecule has 0 heterocycles. The zero-order valence-corrected chi connectivity index (χ0v) is 11.3. The minimum absolute atomic E-state index is 0.101. The number of rotatable bonds is 8. The van der Waals surface area contributed by atoms with Crippen molar-refractivity contribution in [2.45, 2.75) is 19.4 Å². The SMILES string of the molecule is CCC(N)c1ccc(N(CCO)CCOC)cc1. The monoisotopic (exact) mass is 252 g/mol. The zero-order valence-electron chi connectivity index (χ0n) is 11.3. The van der Waals surface area contributed by atoms with Gasteiger partial charge in [0.1, 0.15) is 0 Å². The summed E-state index contributed by atoms with van der Waals surface area (Å²) in [7, 11) is 1.68. The molecule has 0 saturated carbocycles. The van der Waals surface area contributed by atoms with Gasteiger partial charge in [0.15, 0.2) is 0 Å². The van der Waals surface area contributed by atoms with Crippen molar-refractivity contribution in [1.82, 2.24) is 0 Å². The first-order valence-corrected chi connectivity index (χ1v) is 6.43. The van der Waals surface area contributed by atoms with Gasteiger partial charge in [0, 0.05) is 31.9 Å². The molecule has 0 radical (unpaired) electrons. The molecule has 0 fully saturated rings. The quantitative estimate of drug-likeness (QED) is 0.737. The first kappa shape index (κ1) is 15.0. The second-order valence-electron chi connectivity index (χ2n) is 4.31. The lowest BCUT2D eigenvalue weighted by Gasteiger charge is -2.24. The highest BCUT2D eigenvalue weighted by atomic mass is 16.5. The van der Waals surface area contributed by atoms with Gasteiger partial charge in [-0.1, -0.05) is 19.1 Å². The molecule has 1 unspecified atom stereocenters. The molecule has 4 nitrogen and oxygen atoms in total. The molecule has 102 valence electrons. The molecule has 3 N–H and O–H groups in total. The third kappa shape index (κ3) is 4.29. The molecule has 4 heteroatoms. The molecule has 0 amide bonds. The lowest BCUT2D eigenvalue weighted by molar-refractivity contribution is 0.203. The third-order valence-electron chi connectivity index (χ3n) is 3.06. The zero-order chi connectivity index (χ0) is 13.4. The Labute approximate surface area is 109 Å². The van der Waals surface area contributed by atoms with E-state index in [0.29, 0.717) is 13.2 Å². The normalized spacial score (nSPS) is 12.4. The maximum absolute atomic E-state index is 9.08. The number of aliphatic hydroxyl groups is 1. The predicted octanol–water partition coefficient (Wildman–Crippen LogP) is 1.54. The Kier molecular flexibility index (Phi) is 6.72. The van der Waals surface area contributed by atoms with Crippen LogP contribution < -0.4 is 10.6 Å². The lowest BCUT2D eigenvalue weighted by atomic mass is 10.1. The van der Waals surface area contributed by atoms with Crippen molar-refractivity contribution >= 4 is 5.69 Å². The highest BCUT2D eigenvalue weighted by molar-refractivity contribution is 5.48. The van der Waals surface area contributed by atoms with Gasteiger partial charge in [-0.3, -0.25) is 0 Å². The third-order valence-corrected chi connectivity index (χ3v) is 3.06. The second kappa shape index (κ2) is 8.08. The molecule has 0 spiro atoms. The van der Waals surface area contributed by atoms with E-state index in [1.807, 2.05) is 0 Å². The van der Waals surface area contributed by atoms with E-state index in [1.165, 1.54) is 0 Å². The van der Waals surface area contributed by atoms with E-state index >= 15 is 0 Å². The molecule has 1 aromatic carbocycles. The number of aliphatic hydroxyl groups excluding tert-OH is 1. The van der Waals surface area contributed by atoms with Crippen molar-refractivity contribution in [3.8, 4) is 0 Å². The molecule has 1 atom stereocenters. The summed E-state index contributed by atoms with van der Waals surface area (Å²) in [4.78, 5) is 2.10. The molecule has 0 aliphatic carbocycles. The lowest BCUT2D eigenvalue weighted by Crippen LogP contribution is -2.30. The van der Waals surface area contributed by atoms with Crippen LogP contribution in [-0.2, 0) is 4.74 Å². The first-order chi connectivity index (χ1) is 8.72. The van der Waals surface area contributed by atoms with Gasteiger partial charge in [0.05, 0.1) is 13.2 Å². The van der Waals surface area contributed by atoms with E-state index in [2.05, 4.69) is 36.1 Å². The Balaban J connectivity index is 2.73. The minimum atomic E-state index is 0.101. The van der Waals surface area contributed by atoms with Crippen LogP contribution in [-0.4, -0.2) is 38.5 Å². The average molecular weight is 252 g/mol. The summed E-state index contributed by atoms with van der Waals surface area (Å²) in [6.07, 6.45) is 0.934. The standard InChI is InChI=1S/C14H24N2O2/c1-3-14(15)12-4-6-13(7-5-12)16(8-10-17)9-11-18-2/h4-7,14,17H,3,8-11,15H2,1-2H3.